The van der Waals surface area contributed by atoms with E-state index in [0.29, 0.717) is 47.2 Å². The molecule has 8 nitrogen and oxygen atoms in total. The monoisotopic (exact) mass is 442 g/mol. The van der Waals surface area contributed by atoms with E-state index in [1.54, 1.807) is 35.1 Å². The molecule has 0 bridgehead atoms. The first-order valence-electron chi connectivity index (χ1n) is 10.4. The van der Waals surface area contributed by atoms with Crippen LogP contribution < -0.4 is 10.1 Å². The Morgan fingerprint density at radius 2 is 2.21 bits per heavy atom. The van der Waals surface area contributed by atoms with Gasteiger partial charge in [0.1, 0.15) is 23.4 Å². The number of ether oxygens (including phenoxy) is 1. The van der Waals surface area contributed by atoms with Gasteiger partial charge in [-0.1, -0.05) is 0 Å². The Balaban J connectivity index is 1.53. The Morgan fingerprint density at radius 1 is 1.33 bits per heavy atom. The Hall–Kier alpha value is -4.32. The minimum atomic E-state index is -0.308. The van der Waals surface area contributed by atoms with Crippen molar-refractivity contribution in [3.63, 3.8) is 0 Å². The number of pyridine rings is 1. The molecule has 164 valence electrons. The summed E-state index contributed by atoms with van der Waals surface area (Å²) in [4.78, 5) is 24.7. The molecule has 0 saturated carbocycles. The van der Waals surface area contributed by atoms with Gasteiger partial charge in [-0.25, -0.2) is 14.4 Å². The van der Waals surface area contributed by atoms with Crippen molar-refractivity contribution in [1.82, 2.24) is 19.4 Å². The summed E-state index contributed by atoms with van der Waals surface area (Å²) in [5, 5.41) is 12.6. The van der Waals surface area contributed by atoms with Crippen LogP contribution in [0.15, 0.2) is 42.9 Å². The molecule has 0 aliphatic carbocycles. The highest BCUT2D eigenvalue weighted by Crippen LogP contribution is 2.31. The number of rotatable bonds is 6. The number of hydrogen-bond acceptors (Lipinski definition) is 7. The first-order valence-corrected chi connectivity index (χ1v) is 10.4. The lowest BCUT2D eigenvalue weighted by molar-refractivity contribution is -0.116. The van der Waals surface area contributed by atoms with Crippen LogP contribution in [-0.4, -0.2) is 31.7 Å². The Kier molecular flexibility index (Phi) is 5.18. The van der Waals surface area contributed by atoms with Gasteiger partial charge in [0, 0.05) is 54.2 Å². The summed E-state index contributed by atoms with van der Waals surface area (Å²) in [7, 11) is 0. The number of Topliss-reactive ketones (excluding diaryl/α,β-unsaturated/α-hetero) is 1. The maximum Gasteiger partial charge on any atom is 0.208 e. The molecule has 5 rings (SSSR count). The number of aromatic nitrogens is 4. The fourth-order valence-electron chi connectivity index (χ4n) is 4.04. The van der Waals surface area contributed by atoms with Crippen LogP contribution in [0.2, 0.25) is 0 Å². The minimum absolute atomic E-state index is 0.0140. The highest BCUT2D eigenvalue weighted by molar-refractivity contribution is 5.81. The lowest BCUT2D eigenvalue weighted by Gasteiger charge is -2.13. The third-order valence-corrected chi connectivity index (χ3v) is 5.53. The SMILES string of the molecule is CC(=O)Cc1cc(-c2cnc(NCc3c(F)ccc4c3CCO4)n3cc(C#N)nc23)ccn1. The Labute approximate surface area is 188 Å². The third kappa shape index (κ3) is 3.87. The maximum absolute atomic E-state index is 14.5. The first kappa shape index (κ1) is 20.6. The molecule has 9 heteroatoms. The topological polar surface area (TPSA) is 105 Å². The van der Waals surface area contributed by atoms with Gasteiger partial charge in [-0.15, -0.1) is 0 Å². The number of anilines is 1. The smallest absolute Gasteiger partial charge is 0.208 e. The molecule has 4 aromatic rings. The number of nitriles is 1. The van der Waals surface area contributed by atoms with Crippen LogP contribution in [0.1, 0.15) is 29.4 Å². The van der Waals surface area contributed by atoms with E-state index >= 15 is 0 Å². The number of nitrogens with zero attached hydrogens (tertiary/aromatic N) is 5. The number of carbonyl (C=O) groups is 1. The summed E-state index contributed by atoms with van der Waals surface area (Å²) >= 11 is 0. The second kappa shape index (κ2) is 8.31. The van der Waals surface area contributed by atoms with Crippen molar-refractivity contribution in [3.8, 4) is 22.9 Å². The highest BCUT2D eigenvalue weighted by atomic mass is 19.1. The van der Waals surface area contributed by atoms with Gasteiger partial charge >= 0.3 is 0 Å². The van der Waals surface area contributed by atoms with Crippen molar-refractivity contribution in [1.29, 1.82) is 5.26 Å². The van der Waals surface area contributed by atoms with Crippen molar-refractivity contribution in [2.24, 2.45) is 0 Å². The van der Waals surface area contributed by atoms with Crippen LogP contribution in [0.4, 0.5) is 10.3 Å². The number of carbonyl (C=O) groups excluding carboxylic acids is 1. The molecule has 1 aliphatic rings. The molecule has 0 saturated heterocycles. The molecule has 1 aliphatic heterocycles. The van der Waals surface area contributed by atoms with Crippen LogP contribution >= 0.6 is 0 Å². The van der Waals surface area contributed by atoms with Gasteiger partial charge in [-0.2, -0.15) is 5.26 Å². The summed E-state index contributed by atoms with van der Waals surface area (Å²) in [6.45, 7) is 2.25. The lowest BCUT2D eigenvalue weighted by Crippen LogP contribution is -2.09. The number of benzene rings is 1. The molecular formula is C24H19FN6O2. The molecule has 0 radical (unpaired) electrons. The fourth-order valence-corrected chi connectivity index (χ4v) is 4.04. The van der Waals surface area contributed by atoms with Gasteiger partial charge in [0.15, 0.2) is 11.3 Å². The lowest BCUT2D eigenvalue weighted by atomic mass is 10.0. The summed E-state index contributed by atoms with van der Waals surface area (Å²) in [5.41, 5.74) is 4.25. The molecule has 1 N–H and O–H groups in total. The van der Waals surface area contributed by atoms with Crippen molar-refractivity contribution >= 4 is 17.4 Å². The van der Waals surface area contributed by atoms with Crippen molar-refractivity contribution < 1.29 is 13.9 Å². The highest BCUT2D eigenvalue weighted by Gasteiger charge is 2.20. The molecule has 0 unspecified atom stereocenters. The van der Waals surface area contributed by atoms with Gasteiger partial charge in [0.05, 0.1) is 12.8 Å². The molecule has 0 amide bonds. The number of nitrogens with one attached hydrogen (secondary N) is 1. The van der Waals surface area contributed by atoms with Crippen molar-refractivity contribution in [2.75, 3.05) is 11.9 Å². The molecular weight excluding hydrogens is 423 g/mol. The zero-order valence-electron chi connectivity index (χ0n) is 17.8. The van der Waals surface area contributed by atoms with Crippen molar-refractivity contribution in [3.05, 3.63) is 71.2 Å². The first-order chi connectivity index (χ1) is 16.0. The number of imidazole rings is 1. The second-order valence-electron chi connectivity index (χ2n) is 7.80. The molecule has 0 fully saturated rings. The van der Waals surface area contributed by atoms with Gasteiger partial charge < -0.3 is 10.1 Å². The molecule has 0 atom stereocenters. The molecule has 0 spiro atoms. The molecule has 1 aromatic carbocycles. The number of hydrogen-bond donors (Lipinski definition) is 1. The van der Waals surface area contributed by atoms with Crippen LogP contribution in [-0.2, 0) is 24.2 Å². The van der Waals surface area contributed by atoms with Crippen LogP contribution in [0.25, 0.3) is 16.8 Å². The summed E-state index contributed by atoms with van der Waals surface area (Å²) in [6.07, 6.45) is 5.74. The molecule has 4 heterocycles. The maximum atomic E-state index is 14.5. The van der Waals surface area contributed by atoms with Crippen LogP contribution in [0.3, 0.4) is 0 Å². The summed E-state index contributed by atoms with van der Waals surface area (Å²) < 4.78 is 21.7. The second-order valence-corrected chi connectivity index (χ2v) is 7.80. The van der Waals surface area contributed by atoms with E-state index in [1.807, 2.05) is 6.07 Å². The zero-order valence-corrected chi connectivity index (χ0v) is 17.8. The minimum Gasteiger partial charge on any atom is -0.493 e. The van der Waals surface area contributed by atoms with E-state index in [9.17, 15) is 14.4 Å². The van der Waals surface area contributed by atoms with E-state index in [0.717, 1.165) is 11.1 Å². The van der Waals surface area contributed by atoms with E-state index < -0.39 is 0 Å². The summed E-state index contributed by atoms with van der Waals surface area (Å²) in [6, 6.07) is 8.73. The normalized spacial score (nSPS) is 12.3. The number of fused-ring (bicyclic) bond motifs is 2. The fraction of sp³-hybridized carbons (Fsp3) is 0.208. The van der Waals surface area contributed by atoms with Gasteiger partial charge in [-0.05, 0) is 36.8 Å². The predicted octanol–water partition coefficient (Wildman–Crippen LogP) is 3.48. The van der Waals surface area contributed by atoms with Crippen LogP contribution in [0.5, 0.6) is 5.75 Å². The zero-order chi connectivity index (χ0) is 22.9. The van der Waals surface area contributed by atoms with Crippen LogP contribution in [0, 0.1) is 17.1 Å². The van der Waals surface area contributed by atoms with E-state index in [4.69, 9.17) is 4.74 Å². The summed E-state index contributed by atoms with van der Waals surface area (Å²) in [5.74, 6) is 0.838. The Morgan fingerprint density at radius 3 is 3.03 bits per heavy atom. The quantitative estimate of drug-likeness (QED) is 0.487. The third-order valence-electron chi connectivity index (χ3n) is 5.53. The standard InChI is InChI=1S/C24H19FN6O2/c1-14(32)8-16-9-15(4-6-27-16)19-11-28-24(31-13-17(10-26)30-23(19)31)29-12-20-18-5-7-33-22(18)3-2-21(20)25/h2-4,6,9,11,13H,5,7-8,12H2,1H3,(H,28,29). The van der Waals surface area contributed by atoms with Gasteiger partial charge in [0.2, 0.25) is 5.95 Å². The molecule has 3 aromatic heterocycles. The van der Waals surface area contributed by atoms with E-state index in [-0.39, 0.29) is 30.3 Å². The Bertz CT molecular complexity index is 1440. The average molecular weight is 442 g/mol. The predicted molar refractivity (Wildman–Crippen MR) is 118 cm³/mol. The number of ketones is 1. The van der Waals surface area contributed by atoms with E-state index in [2.05, 4.69) is 26.3 Å². The average Bonchev–Trinajstić information content (AvgIpc) is 3.45. The van der Waals surface area contributed by atoms with E-state index in [1.165, 1.54) is 13.0 Å². The van der Waals surface area contributed by atoms with Crippen molar-refractivity contribution in [2.45, 2.75) is 26.3 Å². The van der Waals surface area contributed by atoms with Gasteiger partial charge in [-0.3, -0.25) is 14.2 Å². The molecule has 33 heavy (non-hydrogen) atoms. The largest absolute Gasteiger partial charge is 0.493 e. The number of halogens is 1. The van der Waals surface area contributed by atoms with Gasteiger partial charge in [0.25, 0.3) is 0 Å².